The maximum absolute atomic E-state index is 13.3. The van der Waals surface area contributed by atoms with Gasteiger partial charge >= 0.3 is 5.97 Å². The second kappa shape index (κ2) is 10.0. The molecule has 1 amide bonds. The van der Waals surface area contributed by atoms with Crippen LogP contribution in [0.15, 0.2) is 42.6 Å². The van der Waals surface area contributed by atoms with Gasteiger partial charge < -0.3 is 24.6 Å². The number of hydrogen-bond acceptors (Lipinski definition) is 8. The van der Waals surface area contributed by atoms with Gasteiger partial charge in [-0.15, -0.1) is 0 Å². The van der Waals surface area contributed by atoms with Crippen LogP contribution in [0.2, 0.25) is 0 Å². The van der Waals surface area contributed by atoms with Gasteiger partial charge in [-0.05, 0) is 36.8 Å². The number of anilines is 2. The average Bonchev–Trinajstić information content (AvgIpc) is 3.61. The number of aliphatic hydroxyl groups excluding tert-OH is 1. The Morgan fingerprint density at radius 3 is 2.70 bits per heavy atom. The number of carbonyl (C=O) groups excluding carboxylic acids is 2. The molecule has 3 aromatic heterocycles. The molecule has 0 saturated carbocycles. The molecular weight excluding hydrogens is 474 g/mol. The number of nitrogens with zero attached hydrogens (tertiary/aromatic N) is 6. The quantitative estimate of drug-likeness (QED) is 0.368. The van der Waals surface area contributed by atoms with Crippen molar-refractivity contribution >= 4 is 34.3 Å². The van der Waals surface area contributed by atoms with E-state index in [1.54, 1.807) is 16.8 Å². The van der Waals surface area contributed by atoms with E-state index in [0.717, 1.165) is 22.5 Å². The van der Waals surface area contributed by atoms with Crippen LogP contribution in [-0.4, -0.2) is 67.6 Å². The number of hydrogen-bond donors (Lipinski definition) is 2. The van der Waals surface area contributed by atoms with Gasteiger partial charge in [0.1, 0.15) is 17.2 Å². The predicted molar refractivity (Wildman–Crippen MR) is 138 cm³/mol. The summed E-state index contributed by atoms with van der Waals surface area (Å²) >= 11 is 0. The molecule has 1 fully saturated rings. The molecule has 192 valence electrons. The van der Waals surface area contributed by atoms with Crippen LogP contribution in [0.25, 0.3) is 22.4 Å². The molecule has 11 nitrogen and oxygen atoms in total. The lowest BCUT2D eigenvalue weighted by atomic mass is 10.2. The number of esters is 1. The molecule has 0 unspecified atom stereocenters. The molecule has 4 aromatic rings. The van der Waals surface area contributed by atoms with E-state index in [0.29, 0.717) is 43.0 Å². The summed E-state index contributed by atoms with van der Waals surface area (Å²) in [7, 11) is 5.07. The van der Waals surface area contributed by atoms with Crippen LogP contribution in [0.5, 0.6) is 0 Å². The number of β-amino-alcohol motifs (C(OH)–C–C–N with tert-alkyl or cyclic N) is 1. The lowest BCUT2D eigenvalue weighted by Crippen LogP contribution is -2.24. The summed E-state index contributed by atoms with van der Waals surface area (Å²) in [5.74, 6) is 0.0828. The van der Waals surface area contributed by atoms with Crippen molar-refractivity contribution < 1.29 is 19.4 Å². The van der Waals surface area contributed by atoms with Crippen molar-refractivity contribution in [2.45, 2.75) is 25.4 Å². The lowest BCUT2D eigenvalue weighted by Gasteiger charge is -2.22. The number of benzene rings is 1. The minimum absolute atomic E-state index is 0.223. The number of fused-ring (bicyclic) bond motifs is 1. The van der Waals surface area contributed by atoms with Gasteiger partial charge in [0.05, 0.1) is 47.7 Å². The summed E-state index contributed by atoms with van der Waals surface area (Å²) in [6.45, 7) is 1.12. The molecule has 0 radical (unpaired) electrons. The zero-order valence-corrected chi connectivity index (χ0v) is 21.0. The minimum Gasteiger partial charge on any atom is -0.469 e. The zero-order valence-electron chi connectivity index (χ0n) is 21.0. The summed E-state index contributed by atoms with van der Waals surface area (Å²) < 4.78 is 8.36. The van der Waals surface area contributed by atoms with Gasteiger partial charge in [-0.25, -0.2) is 9.97 Å². The number of nitrogens with one attached hydrogen (secondary N) is 1. The number of amides is 1. The van der Waals surface area contributed by atoms with Crippen LogP contribution >= 0.6 is 0 Å². The molecule has 4 heterocycles. The van der Waals surface area contributed by atoms with Gasteiger partial charge in [0, 0.05) is 39.8 Å². The fraction of sp³-hybridized carbons (Fsp3) is 0.346. The van der Waals surface area contributed by atoms with Crippen LogP contribution in [0, 0.1) is 0 Å². The molecule has 1 saturated heterocycles. The third kappa shape index (κ3) is 5.03. The van der Waals surface area contributed by atoms with Gasteiger partial charge in [0.15, 0.2) is 0 Å². The first-order valence-corrected chi connectivity index (χ1v) is 12.1. The molecule has 1 aromatic carbocycles. The van der Waals surface area contributed by atoms with Gasteiger partial charge in [0.2, 0.25) is 0 Å². The summed E-state index contributed by atoms with van der Waals surface area (Å²) in [6, 6.07) is 10.9. The Bertz CT molecular complexity index is 1480. The summed E-state index contributed by atoms with van der Waals surface area (Å²) in [6.07, 6.45) is 2.69. The lowest BCUT2D eigenvalue weighted by molar-refractivity contribution is -0.140. The normalized spacial score (nSPS) is 15.4. The highest BCUT2D eigenvalue weighted by molar-refractivity contribution is 6.06. The van der Waals surface area contributed by atoms with Crippen LogP contribution in [0.1, 0.15) is 29.2 Å². The van der Waals surface area contributed by atoms with Gasteiger partial charge in [0.25, 0.3) is 5.91 Å². The number of pyridine rings is 1. The number of ether oxygens (including phenoxy) is 1. The molecule has 1 aliphatic heterocycles. The Morgan fingerprint density at radius 1 is 1.16 bits per heavy atom. The highest BCUT2D eigenvalue weighted by Gasteiger charge is 2.25. The maximum atomic E-state index is 13.3. The summed E-state index contributed by atoms with van der Waals surface area (Å²) in [4.78, 5) is 36.3. The predicted octanol–water partition coefficient (Wildman–Crippen LogP) is 2.30. The van der Waals surface area contributed by atoms with Crippen molar-refractivity contribution in [2.75, 3.05) is 30.4 Å². The molecule has 2 N–H and O–H groups in total. The van der Waals surface area contributed by atoms with Crippen molar-refractivity contribution in [1.82, 2.24) is 24.3 Å². The Labute approximate surface area is 213 Å². The zero-order chi connectivity index (χ0) is 26.1. The Kier molecular flexibility index (Phi) is 6.62. The number of aliphatic hydroxyl groups is 1. The standard InChI is InChI=1S/C26H29N7O4/c1-31-11-10-18(30-31)17-5-4-6-19(27-17)26(36)29-21-13-22-20(14-23(21)33-12-9-16(34)15-33)28-24(32(22)2)7-8-25(35)37-3/h4-6,10-11,13-14,16,34H,7-9,12,15H2,1-3H3,(H,29,36)/t16-/m1/s1. The second-order valence-electron chi connectivity index (χ2n) is 9.15. The number of aryl methyl sites for hydroxylation is 3. The van der Waals surface area contributed by atoms with Crippen LogP contribution in [-0.2, 0) is 30.0 Å². The SMILES string of the molecule is COC(=O)CCc1nc2cc(N3CC[C@@H](O)C3)c(NC(=O)c3cccc(-c4ccn(C)n4)n3)cc2n1C. The first kappa shape index (κ1) is 24.4. The third-order valence-corrected chi connectivity index (χ3v) is 6.58. The first-order chi connectivity index (χ1) is 17.8. The highest BCUT2D eigenvalue weighted by atomic mass is 16.5. The van der Waals surface area contributed by atoms with Crippen molar-refractivity contribution in [1.29, 1.82) is 0 Å². The molecule has 0 aliphatic carbocycles. The number of rotatable bonds is 7. The fourth-order valence-corrected chi connectivity index (χ4v) is 4.58. The van der Waals surface area contributed by atoms with E-state index < -0.39 is 6.10 Å². The van der Waals surface area contributed by atoms with Crippen molar-refractivity contribution in [3.05, 3.63) is 54.1 Å². The van der Waals surface area contributed by atoms with E-state index in [2.05, 4.69) is 15.4 Å². The van der Waals surface area contributed by atoms with E-state index >= 15 is 0 Å². The van der Waals surface area contributed by atoms with E-state index in [4.69, 9.17) is 9.72 Å². The second-order valence-corrected chi connectivity index (χ2v) is 9.15. The monoisotopic (exact) mass is 503 g/mol. The van der Waals surface area contributed by atoms with E-state index in [1.807, 2.05) is 54.0 Å². The molecular formula is C26H29N7O4. The number of imidazole rings is 1. The van der Waals surface area contributed by atoms with Crippen LogP contribution in [0.3, 0.4) is 0 Å². The van der Waals surface area contributed by atoms with E-state index in [1.165, 1.54) is 7.11 Å². The van der Waals surface area contributed by atoms with Crippen LogP contribution < -0.4 is 10.2 Å². The molecule has 1 atom stereocenters. The average molecular weight is 504 g/mol. The molecule has 0 bridgehead atoms. The van der Waals surface area contributed by atoms with Crippen molar-refractivity contribution in [3.63, 3.8) is 0 Å². The molecule has 5 rings (SSSR count). The summed E-state index contributed by atoms with van der Waals surface area (Å²) in [5, 5.41) is 17.5. The van der Waals surface area contributed by atoms with Gasteiger partial charge in [-0.3, -0.25) is 14.3 Å². The largest absolute Gasteiger partial charge is 0.469 e. The molecule has 37 heavy (non-hydrogen) atoms. The van der Waals surface area contributed by atoms with Crippen LogP contribution in [0.4, 0.5) is 11.4 Å². The number of carbonyl (C=O) groups is 2. The van der Waals surface area contributed by atoms with Crippen molar-refractivity contribution in [2.24, 2.45) is 14.1 Å². The number of methoxy groups -OCH3 is 1. The third-order valence-electron chi connectivity index (χ3n) is 6.58. The Morgan fingerprint density at radius 2 is 2.00 bits per heavy atom. The maximum Gasteiger partial charge on any atom is 0.305 e. The minimum atomic E-state index is -0.435. The molecule has 11 heteroatoms. The van der Waals surface area contributed by atoms with Gasteiger partial charge in [-0.1, -0.05) is 6.07 Å². The highest BCUT2D eigenvalue weighted by Crippen LogP contribution is 2.34. The summed E-state index contributed by atoms with van der Waals surface area (Å²) in [5.41, 5.74) is 4.48. The Balaban J connectivity index is 1.49. The Hall–Kier alpha value is -4.25. The topological polar surface area (TPSA) is 127 Å². The molecule has 0 spiro atoms. The first-order valence-electron chi connectivity index (χ1n) is 12.1. The van der Waals surface area contributed by atoms with E-state index in [9.17, 15) is 14.7 Å². The molecule has 1 aliphatic rings. The number of aromatic nitrogens is 5. The smallest absolute Gasteiger partial charge is 0.305 e. The van der Waals surface area contributed by atoms with Crippen molar-refractivity contribution in [3.8, 4) is 11.4 Å². The van der Waals surface area contributed by atoms with Gasteiger partial charge in [-0.2, -0.15) is 5.10 Å². The fourth-order valence-electron chi connectivity index (χ4n) is 4.58. The van der Waals surface area contributed by atoms with E-state index in [-0.39, 0.29) is 24.0 Å².